The van der Waals surface area contributed by atoms with E-state index in [4.69, 9.17) is 0 Å². The molecule has 0 radical (unpaired) electrons. The lowest BCUT2D eigenvalue weighted by Gasteiger charge is -2.46. The van der Waals surface area contributed by atoms with Gasteiger partial charge in [0, 0.05) is 0 Å². The fraction of sp³-hybridized carbons (Fsp3) is 1.00. The molecular weight excluding hydrogens is 212 g/mol. The van der Waals surface area contributed by atoms with Crippen LogP contribution in [-0.4, -0.2) is 21.4 Å². The number of rotatable bonds is 4. The molecule has 2 saturated carbocycles. The Labute approximate surface area is 105 Å². The maximum absolute atomic E-state index is 10.8. The van der Waals surface area contributed by atoms with Crippen molar-refractivity contribution in [2.24, 2.45) is 17.3 Å². The van der Waals surface area contributed by atoms with Crippen molar-refractivity contribution in [2.45, 2.75) is 77.4 Å². The van der Waals surface area contributed by atoms with Crippen LogP contribution in [0.4, 0.5) is 0 Å². The lowest BCUT2D eigenvalue weighted by Crippen LogP contribution is -2.48. The fourth-order valence-electron chi connectivity index (χ4n) is 4.30. The summed E-state index contributed by atoms with van der Waals surface area (Å²) in [5.41, 5.74) is -0.990. The predicted octanol–water partition coefficient (Wildman–Crippen LogP) is 3.11. The number of hydrogen-bond donors (Lipinski definition) is 2. The van der Waals surface area contributed by atoms with Crippen LogP contribution in [0.1, 0.15) is 66.2 Å². The molecule has 0 unspecified atom stereocenters. The van der Waals surface area contributed by atoms with Gasteiger partial charge >= 0.3 is 0 Å². The van der Waals surface area contributed by atoms with Gasteiger partial charge in [-0.15, -0.1) is 0 Å². The molecule has 2 rings (SSSR count). The van der Waals surface area contributed by atoms with Crippen molar-refractivity contribution < 1.29 is 10.2 Å². The van der Waals surface area contributed by atoms with Gasteiger partial charge in [-0.3, -0.25) is 0 Å². The molecule has 0 amide bonds. The van der Waals surface area contributed by atoms with E-state index in [2.05, 4.69) is 6.92 Å². The van der Waals surface area contributed by atoms with Gasteiger partial charge in [0.1, 0.15) is 0 Å². The maximum atomic E-state index is 10.8. The van der Waals surface area contributed by atoms with E-state index in [0.29, 0.717) is 11.8 Å². The van der Waals surface area contributed by atoms with Crippen LogP contribution in [0.3, 0.4) is 0 Å². The fourth-order valence-corrected chi connectivity index (χ4v) is 4.30. The zero-order valence-electron chi connectivity index (χ0n) is 11.8. The van der Waals surface area contributed by atoms with Gasteiger partial charge in [0.05, 0.1) is 11.2 Å². The third kappa shape index (κ3) is 2.15. The first-order chi connectivity index (χ1) is 7.67. The lowest BCUT2D eigenvalue weighted by atomic mass is 9.62. The molecule has 0 heterocycles. The van der Waals surface area contributed by atoms with Crippen LogP contribution in [0, 0.1) is 17.3 Å². The van der Waals surface area contributed by atoms with E-state index in [1.807, 2.05) is 20.8 Å². The molecule has 2 aliphatic carbocycles. The molecule has 0 aromatic carbocycles. The molecule has 2 bridgehead atoms. The normalized spacial score (nSPS) is 45.5. The van der Waals surface area contributed by atoms with Gasteiger partial charge in [-0.1, -0.05) is 6.92 Å². The molecule has 2 heteroatoms. The summed E-state index contributed by atoms with van der Waals surface area (Å²) in [6.07, 6.45) is 6.60. The Bertz CT molecular complexity index is 290. The minimum absolute atomic E-state index is 0.0706. The third-order valence-corrected chi connectivity index (χ3v) is 5.77. The highest BCUT2D eigenvalue weighted by atomic mass is 16.3. The average Bonchev–Trinajstić information content (AvgIpc) is 2.68. The van der Waals surface area contributed by atoms with Crippen molar-refractivity contribution >= 4 is 0 Å². The summed E-state index contributed by atoms with van der Waals surface area (Å²) in [5.74, 6) is 1.21. The van der Waals surface area contributed by atoms with Crippen LogP contribution in [-0.2, 0) is 0 Å². The highest BCUT2D eigenvalue weighted by Crippen LogP contribution is 2.63. The molecule has 100 valence electrons. The number of hydrogen-bond acceptors (Lipinski definition) is 2. The van der Waals surface area contributed by atoms with Gasteiger partial charge < -0.3 is 10.2 Å². The van der Waals surface area contributed by atoms with Crippen molar-refractivity contribution in [3.05, 3.63) is 0 Å². The predicted molar refractivity (Wildman–Crippen MR) is 69.7 cm³/mol. The molecule has 2 N–H and O–H groups in total. The standard InChI is InChI=1S/C15H28O2/c1-13(2,16)8-5-9-14(3)11-6-7-12(10-11)15(14,4)17/h11-12,16-17H,5-10H2,1-4H3/t11-,12+,14+,15-/m0/s1. The molecule has 0 saturated heterocycles. The molecule has 2 fully saturated rings. The van der Waals surface area contributed by atoms with Crippen LogP contribution in [0.2, 0.25) is 0 Å². The smallest absolute Gasteiger partial charge is 0.0703 e. The number of fused-ring (bicyclic) bond motifs is 2. The second-order valence-electron chi connectivity index (χ2n) is 7.44. The van der Waals surface area contributed by atoms with Crippen molar-refractivity contribution in [1.82, 2.24) is 0 Å². The van der Waals surface area contributed by atoms with Crippen molar-refractivity contribution in [2.75, 3.05) is 0 Å². The average molecular weight is 240 g/mol. The first kappa shape index (κ1) is 13.4. The van der Waals surface area contributed by atoms with Crippen LogP contribution in [0.5, 0.6) is 0 Å². The van der Waals surface area contributed by atoms with E-state index in [9.17, 15) is 10.2 Å². The molecule has 0 aliphatic heterocycles. The largest absolute Gasteiger partial charge is 0.390 e. The molecule has 4 atom stereocenters. The number of aliphatic hydroxyl groups is 2. The Morgan fingerprint density at radius 1 is 1.18 bits per heavy atom. The Morgan fingerprint density at radius 2 is 1.76 bits per heavy atom. The first-order valence-corrected chi connectivity index (χ1v) is 7.11. The van der Waals surface area contributed by atoms with E-state index in [0.717, 1.165) is 19.3 Å². The Balaban J connectivity index is 1.99. The molecule has 17 heavy (non-hydrogen) atoms. The van der Waals surface area contributed by atoms with Crippen molar-refractivity contribution in [1.29, 1.82) is 0 Å². The van der Waals surface area contributed by atoms with Crippen molar-refractivity contribution in [3.8, 4) is 0 Å². The van der Waals surface area contributed by atoms with E-state index in [1.54, 1.807) is 0 Å². The summed E-state index contributed by atoms with van der Waals surface area (Å²) in [6, 6.07) is 0. The highest BCUT2D eigenvalue weighted by Gasteiger charge is 2.61. The molecule has 0 aromatic rings. The van der Waals surface area contributed by atoms with Crippen LogP contribution in [0.25, 0.3) is 0 Å². The Kier molecular flexibility index (Phi) is 3.11. The summed E-state index contributed by atoms with van der Waals surface area (Å²) in [6.45, 7) is 8.05. The minimum atomic E-state index is -0.570. The van der Waals surface area contributed by atoms with Crippen LogP contribution < -0.4 is 0 Å². The lowest BCUT2D eigenvalue weighted by molar-refractivity contribution is -0.107. The van der Waals surface area contributed by atoms with Crippen molar-refractivity contribution in [3.63, 3.8) is 0 Å². The highest BCUT2D eigenvalue weighted by molar-refractivity contribution is 5.11. The SMILES string of the molecule is CC(C)(O)CCC[C@]1(C)[C@H]2CC[C@H](C2)[C@]1(C)O. The first-order valence-electron chi connectivity index (χ1n) is 7.11. The molecule has 0 spiro atoms. The summed E-state index contributed by atoms with van der Waals surface area (Å²) in [5, 5.41) is 20.5. The topological polar surface area (TPSA) is 40.5 Å². The molecule has 2 aliphatic rings. The van der Waals surface area contributed by atoms with Gasteiger partial charge in [-0.25, -0.2) is 0 Å². The van der Waals surface area contributed by atoms with Gasteiger partial charge in [0.15, 0.2) is 0 Å². The van der Waals surface area contributed by atoms with Gasteiger partial charge in [0.2, 0.25) is 0 Å². The second-order valence-corrected chi connectivity index (χ2v) is 7.44. The molecule has 2 nitrogen and oxygen atoms in total. The summed E-state index contributed by atoms with van der Waals surface area (Å²) < 4.78 is 0. The van der Waals surface area contributed by atoms with Crippen LogP contribution >= 0.6 is 0 Å². The quantitative estimate of drug-likeness (QED) is 0.792. The zero-order valence-corrected chi connectivity index (χ0v) is 11.8. The summed E-state index contributed by atoms with van der Waals surface area (Å²) >= 11 is 0. The monoisotopic (exact) mass is 240 g/mol. The van der Waals surface area contributed by atoms with E-state index in [1.165, 1.54) is 19.3 Å². The van der Waals surface area contributed by atoms with Gasteiger partial charge in [-0.05, 0) is 76.5 Å². The third-order valence-electron chi connectivity index (χ3n) is 5.77. The van der Waals surface area contributed by atoms with E-state index < -0.39 is 11.2 Å². The van der Waals surface area contributed by atoms with Gasteiger partial charge in [-0.2, -0.15) is 0 Å². The van der Waals surface area contributed by atoms with Gasteiger partial charge in [0.25, 0.3) is 0 Å². The second kappa shape index (κ2) is 3.96. The Hall–Kier alpha value is -0.0800. The van der Waals surface area contributed by atoms with E-state index >= 15 is 0 Å². The molecule has 0 aromatic heterocycles. The summed E-state index contributed by atoms with van der Waals surface area (Å²) in [4.78, 5) is 0. The zero-order chi connectivity index (χ0) is 12.9. The minimum Gasteiger partial charge on any atom is -0.390 e. The van der Waals surface area contributed by atoms with E-state index in [-0.39, 0.29) is 5.41 Å². The molecular formula is C15H28O2. The maximum Gasteiger partial charge on any atom is 0.0703 e. The summed E-state index contributed by atoms with van der Waals surface area (Å²) in [7, 11) is 0. The Morgan fingerprint density at radius 3 is 2.24 bits per heavy atom. The van der Waals surface area contributed by atoms with Crippen LogP contribution in [0.15, 0.2) is 0 Å².